The van der Waals surface area contributed by atoms with Crippen LogP contribution in [0.5, 0.6) is 0 Å². The van der Waals surface area contributed by atoms with Crippen LogP contribution >= 0.6 is 0 Å². The van der Waals surface area contributed by atoms with Gasteiger partial charge in [0.2, 0.25) is 0 Å². The molecule has 0 aromatic heterocycles. The lowest BCUT2D eigenvalue weighted by atomic mass is 10.1. The highest BCUT2D eigenvalue weighted by molar-refractivity contribution is 5.95. The van der Waals surface area contributed by atoms with Gasteiger partial charge in [0, 0.05) is 17.8 Å². The average molecular weight is 234 g/mol. The Labute approximate surface area is 103 Å². The molecule has 0 aliphatic heterocycles. The van der Waals surface area contributed by atoms with Crippen LogP contribution < -0.4 is 11.1 Å². The van der Waals surface area contributed by atoms with Crippen LogP contribution in [0.3, 0.4) is 0 Å². The van der Waals surface area contributed by atoms with Crippen molar-refractivity contribution in [3.05, 3.63) is 29.3 Å². The van der Waals surface area contributed by atoms with Gasteiger partial charge in [-0.25, -0.2) is 0 Å². The number of benzene rings is 1. The largest absolute Gasteiger partial charge is 0.398 e. The first-order valence-corrected chi connectivity index (χ1v) is 6.29. The van der Waals surface area contributed by atoms with Crippen LogP contribution in [-0.4, -0.2) is 12.5 Å². The van der Waals surface area contributed by atoms with E-state index in [1.165, 1.54) is 19.3 Å². The van der Waals surface area contributed by atoms with Crippen LogP contribution in [0.1, 0.15) is 48.5 Å². The first-order chi connectivity index (χ1) is 8.15. The van der Waals surface area contributed by atoms with E-state index in [0.717, 1.165) is 18.5 Å². The molecule has 0 atom stereocenters. The Morgan fingerprint density at radius 3 is 2.71 bits per heavy atom. The molecule has 0 spiro atoms. The summed E-state index contributed by atoms with van der Waals surface area (Å²) in [7, 11) is 0. The number of nitrogens with two attached hydrogens (primary N) is 1. The molecule has 1 amide bonds. The minimum absolute atomic E-state index is 0.0341. The molecule has 94 valence electrons. The summed E-state index contributed by atoms with van der Waals surface area (Å²) in [4.78, 5) is 11.8. The molecule has 1 rings (SSSR count). The van der Waals surface area contributed by atoms with Gasteiger partial charge in [0.1, 0.15) is 0 Å². The fourth-order valence-corrected chi connectivity index (χ4v) is 1.64. The molecule has 0 heterocycles. The number of unbranched alkanes of at least 4 members (excludes halogenated alkanes) is 3. The second kappa shape index (κ2) is 6.94. The van der Waals surface area contributed by atoms with Gasteiger partial charge in [0.05, 0.1) is 0 Å². The molecule has 0 aliphatic rings. The fraction of sp³-hybridized carbons (Fsp3) is 0.500. The number of nitrogens with one attached hydrogen (secondary N) is 1. The zero-order valence-electron chi connectivity index (χ0n) is 10.8. The van der Waals surface area contributed by atoms with E-state index >= 15 is 0 Å². The van der Waals surface area contributed by atoms with E-state index in [4.69, 9.17) is 5.73 Å². The number of carbonyl (C=O) groups is 1. The highest BCUT2D eigenvalue weighted by Crippen LogP contribution is 2.12. The molecule has 3 heteroatoms. The molecular formula is C14H22N2O. The Hall–Kier alpha value is -1.51. The lowest BCUT2D eigenvalue weighted by Crippen LogP contribution is -2.24. The van der Waals surface area contributed by atoms with E-state index in [-0.39, 0.29) is 5.91 Å². The van der Waals surface area contributed by atoms with Crippen molar-refractivity contribution < 1.29 is 4.79 Å². The molecule has 1 aromatic rings. The van der Waals surface area contributed by atoms with Crippen LogP contribution in [0.15, 0.2) is 18.2 Å². The number of anilines is 1. The van der Waals surface area contributed by atoms with Gasteiger partial charge in [-0.15, -0.1) is 0 Å². The highest BCUT2D eigenvalue weighted by atomic mass is 16.1. The van der Waals surface area contributed by atoms with Crippen molar-refractivity contribution in [1.29, 1.82) is 0 Å². The van der Waals surface area contributed by atoms with E-state index in [1.54, 1.807) is 6.07 Å². The molecule has 17 heavy (non-hydrogen) atoms. The summed E-state index contributed by atoms with van der Waals surface area (Å²) in [5, 5.41) is 2.91. The summed E-state index contributed by atoms with van der Waals surface area (Å²) in [5.74, 6) is -0.0341. The van der Waals surface area contributed by atoms with Crippen molar-refractivity contribution in [2.24, 2.45) is 0 Å². The Morgan fingerprint density at radius 2 is 2.06 bits per heavy atom. The van der Waals surface area contributed by atoms with Crippen molar-refractivity contribution >= 4 is 11.6 Å². The maximum atomic E-state index is 11.8. The summed E-state index contributed by atoms with van der Waals surface area (Å²) >= 11 is 0. The zero-order valence-corrected chi connectivity index (χ0v) is 10.8. The lowest BCUT2D eigenvalue weighted by molar-refractivity contribution is 0.0953. The SMILES string of the molecule is CCCCCCNC(=O)c1ccc(C)c(N)c1. The van der Waals surface area contributed by atoms with E-state index in [9.17, 15) is 4.79 Å². The monoisotopic (exact) mass is 234 g/mol. The van der Waals surface area contributed by atoms with Gasteiger partial charge < -0.3 is 11.1 Å². The van der Waals surface area contributed by atoms with Crippen molar-refractivity contribution in [1.82, 2.24) is 5.32 Å². The number of rotatable bonds is 6. The number of hydrogen-bond acceptors (Lipinski definition) is 2. The summed E-state index contributed by atoms with van der Waals surface area (Å²) in [5.41, 5.74) is 8.09. The summed E-state index contributed by atoms with van der Waals surface area (Å²) in [6.45, 7) is 4.85. The van der Waals surface area contributed by atoms with E-state index in [0.29, 0.717) is 11.3 Å². The second-order valence-electron chi connectivity index (χ2n) is 4.39. The van der Waals surface area contributed by atoms with E-state index in [1.807, 2.05) is 19.1 Å². The molecule has 0 saturated heterocycles. The molecule has 0 saturated carbocycles. The van der Waals surface area contributed by atoms with Crippen LogP contribution in [0.4, 0.5) is 5.69 Å². The molecule has 0 fully saturated rings. The Bertz CT molecular complexity index is 374. The van der Waals surface area contributed by atoms with E-state index in [2.05, 4.69) is 12.2 Å². The van der Waals surface area contributed by atoms with Gasteiger partial charge in [-0.2, -0.15) is 0 Å². The minimum atomic E-state index is -0.0341. The van der Waals surface area contributed by atoms with Gasteiger partial charge in [-0.05, 0) is 31.0 Å². The predicted molar refractivity (Wildman–Crippen MR) is 72.1 cm³/mol. The smallest absolute Gasteiger partial charge is 0.251 e. The fourth-order valence-electron chi connectivity index (χ4n) is 1.64. The van der Waals surface area contributed by atoms with E-state index < -0.39 is 0 Å². The van der Waals surface area contributed by atoms with Gasteiger partial charge in [-0.1, -0.05) is 32.3 Å². The molecule has 3 nitrogen and oxygen atoms in total. The lowest BCUT2D eigenvalue weighted by Gasteiger charge is -2.06. The second-order valence-corrected chi connectivity index (χ2v) is 4.39. The van der Waals surface area contributed by atoms with Crippen molar-refractivity contribution in [2.75, 3.05) is 12.3 Å². The highest BCUT2D eigenvalue weighted by Gasteiger charge is 2.05. The predicted octanol–water partition coefficient (Wildman–Crippen LogP) is 2.89. The third kappa shape index (κ3) is 4.47. The maximum absolute atomic E-state index is 11.8. The van der Waals surface area contributed by atoms with Crippen molar-refractivity contribution in [2.45, 2.75) is 39.5 Å². The van der Waals surface area contributed by atoms with Crippen LogP contribution in [-0.2, 0) is 0 Å². The normalized spacial score (nSPS) is 10.2. The Morgan fingerprint density at radius 1 is 1.29 bits per heavy atom. The van der Waals surface area contributed by atoms with Gasteiger partial charge in [-0.3, -0.25) is 4.79 Å². The molecule has 0 radical (unpaired) electrons. The molecule has 0 aliphatic carbocycles. The Balaban J connectivity index is 2.39. The Kier molecular flexibility index (Phi) is 5.53. The van der Waals surface area contributed by atoms with Crippen molar-refractivity contribution in [3.8, 4) is 0 Å². The van der Waals surface area contributed by atoms with Crippen LogP contribution in [0.2, 0.25) is 0 Å². The summed E-state index contributed by atoms with van der Waals surface area (Å²) in [6, 6.07) is 5.42. The first kappa shape index (κ1) is 13.6. The standard InChI is InChI=1S/C14H22N2O/c1-3-4-5-6-9-16-14(17)12-8-7-11(2)13(15)10-12/h7-8,10H,3-6,9,15H2,1-2H3,(H,16,17). The van der Waals surface area contributed by atoms with Crippen LogP contribution in [0.25, 0.3) is 0 Å². The number of aryl methyl sites for hydroxylation is 1. The third-order valence-electron chi connectivity index (χ3n) is 2.86. The number of carbonyl (C=O) groups excluding carboxylic acids is 1. The topological polar surface area (TPSA) is 55.1 Å². The number of hydrogen-bond donors (Lipinski definition) is 2. The summed E-state index contributed by atoms with van der Waals surface area (Å²) < 4.78 is 0. The summed E-state index contributed by atoms with van der Waals surface area (Å²) in [6.07, 6.45) is 4.66. The molecule has 3 N–H and O–H groups in total. The molecule has 0 unspecified atom stereocenters. The maximum Gasteiger partial charge on any atom is 0.251 e. The quantitative estimate of drug-likeness (QED) is 0.587. The van der Waals surface area contributed by atoms with Gasteiger partial charge in [0.15, 0.2) is 0 Å². The third-order valence-corrected chi connectivity index (χ3v) is 2.86. The average Bonchev–Trinajstić information content (AvgIpc) is 2.32. The zero-order chi connectivity index (χ0) is 12.7. The van der Waals surface area contributed by atoms with Gasteiger partial charge >= 0.3 is 0 Å². The molecular weight excluding hydrogens is 212 g/mol. The first-order valence-electron chi connectivity index (χ1n) is 6.29. The number of amides is 1. The van der Waals surface area contributed by atoms with Crippen LogP contribution in [0, 0.1) is 6.92 Å². The number of nitrogen functional groups attached to an aromatic ring is 1. The van der Waals surface area contributed by atoms with Crippen molar-refractivity contribution in [3.63, 3.8) is 0 Å². The van der Waals surface area contributed by atoms with Gasteiger partial charge in [0.25, 0.3) is 5.91 Å². The molecule has 0 bridgehead atoms. The molecule has 1 aromatic carbocycles. The minimum Gasteiger partial charge on any atom is -0.398 e.